The van der Waals surface area contributed by atoms with Crippen molar-refractivity contribution in [2.75, 3.05) is 6.61 Å². The van der Waals surface area contributed by atoms with Crippen molar-refractivity contribution >= 4 is 11.6 Å². The fourth-order valence-corrected chi connectivity index (χ4v) is 1.43. The summed E-state index contributed by atoms with van der Waals surface area (Å²) in [7, 11) is 0. The van der Waals surface area contributed by atoms with Crippen molar-refractivity contribution in [1.29, 1.82) is 0 Å². The lowest BCUT2D eigenvalue weighted by atomic mass is 10.3. The maximum absolute atomic E-state index is 11.6. The number of hydrogen-bond donors (Lipinski definition) is 0. The summed E-state index contributed by atoms with van der Waals surface area (Å²) in [6.45, 7) is 3.88. The van der Waals surface area contributed by atoms with Crippen LogP contribution in [-0.4, -0.2) is 27.2 Å². The van der Waals surface area contributed by atoms with Crippen molar-refractivity contribution in [3.8, 4) is 0 Å². The maximum Gasteiger partial charge on any atom is 0.358 e. The van der Waals surface area contributed by atoms with Gasteiger partial charge in [0, 0.05) is 6.20 Å². The van der Waals surface area contributed by atoms with Gasteiger partial charge in [-0.15, -0.1) is 0 Å². The first-order valence-corrected chi connectivity index (χ1v) is 4.71. The van der Waals surface area contributed by atoms with Gasteiger partial charge in [0.2, 0.25) is 0 Å². The number of esters is 1. The minimum Gasteiger partial charge on any atom is -0.461 e. The number of aromatic nitrogens is 3. The number of hydrogen-bond acceptors (Lipinski definition) is 4. The molecule has 0 aliphatic rings. The Hall–Kier alpha value is -1.91. The van der Waals surface area contributed by atoms with E-state index in [4.69, 9.17) is 4.74 Å². The van der Waals surface area contributed by atoms with Crippen LogP contribution in [0.25, 0.3) is 5.65 Å². The molecule has 0 amide bonds. The van der Waals surface area contributed by atoms with Crippen LogP contribution < -0.4 is 0 Å². The predicted molar refractivity (Wildman–Crippen MR) is 53.7 cm³/mol. The molecule has 0 radical (unpaired) electrons. The van der Waals surface area contributed by atoms with Crippen LogP contribution >= 0.6 is 0 Å². The molecular weight excluding hydrogens is 194 g/mol. The molecule has 0 fully saturated rings. The third-order valence-electron chi connectivity index (χ3n) is 2.04. The third-order valence-corrected chi connectivity index (χ3v) is 2.04. The summed E-state index contributed by atoms with van der Waals surface area (Å²) >= 11 is 0. The van der Waals surface area contributed by atoms with E-state index in [9.17, 15) is 4.79 Å². The molecule has 0 unspecified atom stereocenters. The Morgan fingerprint density at radius 1 is 1.60 bits per heavy atom. The van der Waals surface area contributed by atoms with E-state index in [1.165, 1.54) is 4.52 Å². The molecule has 0 N–H and O–H groups in total. The topological polar surface area (TPSA) is 56.5 Å². The number of aryl methyl sites for hydroxylation is 1. The average molecular weight is 205 g/mol. The Morgan fingerprint density at radius 3 is 3.13 bits per heavy atom. The second-order valence-electron chi connectivity index (χ2n) is 3.06. The van der Waals surface area contributed by atoms with Crippen LogP contribution in [0.1, 0.15) is 23.1 Å². The number of nitrogens with zero attached hydrogens (tertiary/aromatic N) is 3. The molecule has 5 nitrogen and oxygen atoms in total. The van der Waals surface area contributed by atoms with E-state index in [1.54, 1.807) is 32.2 Å². The first-order chi connectivity index (χ1) is 7.24. The summed E-state index contributed by atoms with van der Waals surface area (Å²) in [5.41, 5.74) is 1.68. The lowest BCUT2D eigenvalue weighted by molar-refractivity contribution is 0.0516. The molecule has 0 saturated heterocycles. The first kappa shape index (κ1) is 9.64. The molecule has 0 aliphatic carbocycles. The summed E-state index contributed by atoms with van der Waals surface area (Å²) in [4.78, 5) is 15.8. The summed E-state index contributed by atoms with van der Waals surface area (Å²) in [5.74, 6) is -0.388. The molecule has 2 aromatic heterocycles. The van der Waals surface area contributed by atoms with Gasteiger partial charge in [0.05, 0.1) is 12.3 Å². The van der Waals surface area contributed by atoms with Crippen molar-refractivity contribution in [3.63, 3.8) is 0 Å². The lowest BCUT2D eigenvalue weighted by Gasteiger charge is -2.00. The molecule has 0 bridgehead atoms. The van der Waals surface area contributed by atoms with Crippen LogP contribution in [-0.2, 0) is 4.74 Å². The third kappa shape index (κ3) is 1.56. The van der Waals surface area contributed by atoms with Crippen molar-refractivity contribution in [3.05, 3.63) is 29.7 Å². The molecule has 0 aliphatic heterocycles. The smallest absolute Gasteiger partial charge is 0.358 e. The Morgan fingerprint density at radius 2 is 2.40 bits per heavy atom. The molecule has 2 aromatic rings. The molecule has 0 aromatic carbocycles. The SMILES string of the molecule is CCOC(=O)c1c(C)nc2cccnn12. The Labute approximate surface area is 86.7 Å². The summed E-state index contributed by atoms with van der Waals surface area (Å²) in [5, 5.41) is 4.06. The number of ether oxygens (including phenoxy) is 1. The van der Waals surface area contributed by atoms with Crippen molar-refractivity contribution < 1.29 is 9.53 Å². The van der Waals surface area contributed by atoms with Crippen LogP contribution in [0.3, 0.4) is 0 Å². The largest absolute Gasteiger partial charge is 0.461 e. The molecule has 0 atom stereocenters. The maximum atomic E-state index is 11.6. The average Bonchev–Trinajstić information content (AvgIpc) is 2.54. The first-order valence-electron chi connectivity index (χ1n) is 4.71. The van der Waals surface area contributed by atoms with Gasteiger partial charge in [-0.2, -0.15) is 5.10 Å². The minimum atomic E-state index is -0.388. The van der Waals surface area contributed by atoms with Gasteiger partial charge < -0.3 is 4.74 Å². The zero-order valence-corrected chi connectivity index (χ0v) is 8.60. The van der Waals surface area contributed by atoms with Gasteiger partial charge in [-0.3, -0.25) is 0 Å². The molecule has 2 rings (SSSR count). The molecule has 78 valence electrons. The van der Waals surface area contributed by atoms with Gasteiger partial charge in [0.25, 0.3) is 0 Å². The van der Waals surface area contributed by atoms with E-state index >= 15 is 0 Å². The quantitative estimate of drug-likeness (QED) is 0.691. The zero-order valence-electron chi connectivity index (χ0n) is 8.60. The lowest BCUT2D eigenvalue weighted by Crippen LogP contribution is -2.10. The van der Waals surface area contributed by atoms with E-state index in [0.717, 1.165) is 0 Å². The molecule has 0 saturated carbocycles. The van der Waals surface area contributed by atoms with Crippen LogP contribution in [0, 0.1) is 6.92 Å². The Kier molecular flexibility index (Phi) is 2.37. The number of imidazole rings is 1. The van der Waals surface area contributed by atoms with Crippen molar-refractivity contribution in [2.45, 2.75) is 13.8 Å². The van der Waals surface area contributed by atoms with Gasteiger partial charge >= 0.3 is 5.97 Å². The highest BCUT2D eigenvalue weighted by Crippen LogP contribution is 2.10. The van der Waals surface area contributed by atoms with Crippen LogP contribution in [0.2, 0.25) is 0 Å². The van der Waals surface area contributed by atoms with Crippen LogP contribution in [0.15, 0.2) is 18.3 Å². The second-order valence-corrected chi connectivity index (χ2v) is 3.06. The zero-order chi connectivity index (χ0) is 10.8. The standard InChI is InChI=1S/C10H11N3O2/c1-3-15-10(14)9-7(2)12-8-5-4-6-11-13(8)9/h4-6H,3H2,1-2H3. The normalized spacial score (nSPS) is 10.5. The number of carbonyl (C=O) groups is 1. The van der Waals surface area contributed by atoms with Gasteiger partial charge in [-0.05, 0) is 26.0 Å². The fourth-order valence-electron chi connectivity index (χ4n) is 1.43. The van der Waals surface area contributed by atoms with Crippen molar-refractivity contribution in [2.24, 2.45) is 0 Å². The number of carbonyl (C=O) groups excluding carboxylic acids is 1. The highest BCUT2D eigenvalue weighted by molar-refractivity contribution is 5.89. The van der Waals surface area contributed by atoms with Gasteiger partial charge in [0.1, 0.15) is 0 Å². The summed E-state index contributed by atoms with van der Waals surface area (Å²) in [6.07, 6.45) is 1.61. The van der Waals surface area contributed by atoms with Gasteiger partial charge in [-0.25, -0.2) is 14.3 Å². The van der Waals surface area contributed by atoms with Gasteiger partial charge in [-0.1, -0.05) is 0 Å². The van der Waals surface area contributed by atoms with Crippen LogP contribution in [0.5, 0.6) is 0 Å². The van der Waals surface area contributed by atoms with E-state index in [0.29, 0.717) is 23.6 Å². The molecular formula is C10H11N3O2. The second kappa shape index (κ2) is 3.68. The molecule has 15 heavy (non-hydrogen) atoms. The molecule has 0 spiro atoms. The number of rotatable bonds is 2. The van der Waals surface area contributed by atoms with Gasteiger partial charge in [0.15, 0.2) is 11.3 Å². The highest BCUT2D eigenvalue weighted by Gasteiger charge is 2.17. The van der Waals surface area contributed by atoms with Crippen LogP contribution in [0.4, 0.5) is 0 Å². The Balaban J connectivity index is 2.58. The van der Waals surface area contributed by atoms with E-state index < -0.39 is 0 Å². The summed E-state index contributed by atoms with van der Waals surface area (Å²) in [6, 6.07) is 3.57. The highest BCUT2D eigenvalue weighted by atomic mass is 16.5. The van der Waals surface area contributed by atoms with E-state index in [1.807, 2.05) is 0 Å². The molecule has 5 heteroatoms. The van der Waals surface area contributed by atoms with E-state index in [2.05, 4.69) is 10.1 Å². The minimum absolute atomic E-state index is 0.346. The molecule has 2 heterocycles. The van der Waals surface area contributed by atoms with E-state index in [-0.39, 0.29) is 5.97 Å². The Bertz CT molecular complexity index is 504. The summed E-state index contributed by atoms with van der Waals surface area (Å²) < 4.78 is 6.43. The fraction of sp³-hybridized carbons (Fsp3) is 0.300. The predicted octanol–water partition coefficient (Wildman–Crippen LogP) is 1.21. The van der Waals surface area contributed by atoms with Crippen molar-refractivity contribution in [1.82, 2.24) is 14.6 Å². The monoisotopic (exact) mass is 205 g/mol. The number of fused-ring (bicyclic) bond motifs is 1.